The smallest absolute Gasteiger partial charge is 0.0648 e. The van der Waals surface area contributed by atoms with E-state index in [4.69, 9.17) is 4.74 Å². The summed E-state index contributed by atoms with van der Waals surface area (Å²) in [7, 11) is 1.81. The van der Waals surface area contributed by atoms with E-state index in [-0.39, 0.29) is 5.60 Å². The van der Waals surface area contributed by atoms with Gasteiger partial charge in [-0.05, 0) is 32.1 Å². The molecule has 0 aliphatic carbocycles. The molecule has 0 saturated heterocycles. The summed E-state index contributed by atoms with van der Waals surface area (Å²) in [5.41, 5.74) is 0.115. The molecule has 1 heteroatoms. The molecule has 11 heavy (non-hydrogen) atoms. The van der Waals surface area contributed by atoms with Crippen LogP contribution in [0.4, 0.5) is 0 Å². The van der Waals surface area contributed by atoms with Gasteiger partial charge in [-0.3, -0.25) is 0 Å². The SMILES string of the molecule is CCC(C)(CCC(C)C)OC. The number of ether oxygens (including phenoxy) is 1. The van der Waals surface area contributed by atoms with Crippen molar-refractivity contribution >= 4 is 0 Å². The van der Waals surface area contributed by atoms with Gasteiger partial charge < -0.3 is 4.74 Å². The summed E-state index contributed by atoms with van der Waals surface area (Å²) in [6.07, 6.45) is 3.55. The lowest BCUT2D eigenvalue weighted by Crippen LogP contribution is -2.26. The molecule has 0 radical (unpaired) electrons. The minimum atomic E-state index is 0.115. The Morgan fingerprint density at radius 1 is 1.36 bits per heavy atom. The van der Waals surface area contributed by atoms with Gasteiger partial charge in [0.2, 0.25) is 0 Å². The number of methoxy groups -OCH3 is 1. The van der Waals surface area contributed by atoms with Crippen LogP contribution >= 0.6 is 0 Å². The summed E-state index contributed by atoms with van der Waals surface area (Å²) >= 11 is 0. The Bertz CT molecular complexity index is 93.0. The Morgan fingerprint density at radius 2 is 1.91 bits per heavy atom. The van der Waals surface area contributed by atoms with Crippen LogP contribution < -0.4 is 0 Å². The van der Waals surface area contributed by atoms with E-state index in [0.29, 0.717) is 0 Å². The average Bonchev–Trinajstić information content (AvgIpc) is 2.00. The van der Waals surface area contributed by atoms with Crippen molar-refractivity contribution in [2.45, 2.75) is 52.6 Å². The first-order valence-electron chi connectivity index (χ1n) is 4.59. The van der Waals surface area contributed by atoms with Crippen molar-refractivity contribution in [3.05, 3.63) is 0 Å². The van der Waals surface area contributed by atoms with Gasteiger partial charge in [0, 0.05) is 7.11 Å². The van der Waals surface area contributed by atoms with Crippen LogP contribution in [-0.2, 0) is 4.74 Å². The molecule has 0 amide bonds. The standard InChI is InChI=1S/C10H22O/c1-6-10(4,11-5)8-7-9(2)3/h9H,6-8H2,1-5H3. The lowest BCUT2D eigenvalue weighted by atomic mass is 9.93. The Kier molecular flexibility index (Phi) is 4.74. The highest BCUT2D eigenvalue weighted by molar-refractivity contribution is 4.72. The van der Waals surface area contributed by atoms with Crippen LogP contribution in [0.1, 0.15) is 47.0 Å². The lowest BCUT2D eigenvalue weighted by Gasteiger charge is -2.27. The number of hydrogen-bond acceptors (Lipinski definition) is 1. The van der Waals surface area contributed by atoms with Gasteiger partial charge >= 0.3 is 0 Å². The zero-order valence-corrected chi connectivity index (χ0v) is 8.61. The maximum atomic E-state index is 5.44. The maximum absolute atomic E-state index is 5.44. The number of rotatable bonds is 5. The van der Waals surface area contributed by atoms with E-state index < -0.39 is 0 Å². The average molecular weight is 158 g/mol. The molecule has 0 heterocycles. The van der Waals surface area contributed by atoms with Gasteiger partial charge in [0.15, 0.2) is 0 Å². The third-order valence-electron chi connectivity index (χ3n) is 2.49. The van der Waals surface area contributed by atoms with E-state index in [1.165, 1.54) is 12.8 Å². The molecule has 0 aromatic rings. The second-order valence-corrected chi connectivity index (χ2v) is 3.94. The largest absolute Gasteiger partial charge is 0.379 e. The topological polar surface area (TPSA) is 9.23 Å². The summed E-state index contributed by atoms with van der Waals surface area (Å²) in [6.45, 7) is 8.89. The molecule has 1 atom stereocenters. The Balaban J connectivity index is 3.69. The molecule has 0 N–H and O–H groups in total. The van der Waals surface area contributed by atoms with Gasteiger partial charge in [0.25, 0.3) is 0 Å². The second kappa shape index (κ2) is 4.76. The highest BCUT2D eigenvalue weighted by Crippen LogP contribution is 2.22. The van der Waals surface area contributed by atoms with Crippen LogP contribution in [0.3, 0.4) is 0 Å². The number of hydrogen-bond donors (Lipinski definition) is 0. The van der Waals surface area contributed by atoms with Crippen LogP contribution in [-0.4, -0.2) is 12.7 Å². The molecule has 1 nitrogen and oxygen atoms in total. The molecule has 1 unspecified atom stereocenters. The summed E-state index contributed by atoms with van der Waals surface area (Å²) in [6, 6.07) is 0. The minimum Gasteiger partial charge on any atom is -0.379 e. The summed E-state index contributed by atoms with van der Waals surface area (Å²) in [5.74, 6) is 0.788. The van der Waals surface area contributed by atoms with E-state index in [1.54, 1.807) is 0 Å². The third-order valence-corrected chi connectivity index (χ3v) is 2.49. The zero-order chi connectivity index (χ0) is 8.91. The zero-order valence-electron chi connectivity index (χ0n) is 8.61. The molecular weight excluding hydrogens is 136 g/mol. The van der Waals surface area contributed by atoms with Crippen LogP contribution in [0.15, 0.2) is 0 Å². The van der Waals surface area contributed by atoms with Crippen LogP contribution in [0, 0.1) is 5.92 Å². The van der Waals surface area contributed by atoms with Gasteiger partial charge in [-0.1, -0.05) is 20.8 Å². The van der Waals surface area contributed by atoms with E-state index in [9.17, 15) is 0 Å². The van der Waals surface area contributed by atoms with Gasteiger partial charge in [-0.2, -0.15) is 0 Å². The van der Waals surface area contributed by atoms with Gasteiger partial charge in [-0.15, -0.1) is 0 Å². The van der Waals surface area contributed by atoms with Gasteiger partial charge in [0.1, 0.15) is 0 Å². The first kappa shape index (κ1) is 11.0. The highest BCUT2D eigenvalue weighted by atomic mass is 16.5. The van der Waals surface area contributed by atoms with Gasteiger partial charge in [0.05, 0.1) is 5.60 Å². The van der Waals surface area contributed by atoms with Crippen molar-refractivity contribution in [1.82, 2.24) is 0 Å². The lowest BCUT2D eigenvalue weighted by molar-refractivity contribution is -0.00809. The molecule has 0 aliphatic heterocycles. The fraction of sp³-hybridized carbons (Fsp3) is 1.00. The van der Waals surface area contributed by atoms with E-state index >= 15 is 0 Å². The summed E-state index contributed by atoms with van der Waals surface area (Å²) in [4.78, 5) is 0. The Labute approximate surface area is 71.1 Å². The predicted molar refractivity (Wildman–Crippen MR) is 49.8 cm³/mol. The summed E-state index contributed by atoms with van der Waals surface area (Å²) in [5, 5.41) is 0. The Morgan fingerprint density at radius 3 is 2.18 bits per heavy atom. The van der Waals surface area contributed by atoms with Gasteiger partial charge in [-0.25, -0.2) is 0 Å². The van der Waals surface area contributed by atoms with Crippen molar-refractivity contribution in [3.8, 4) is 0 Å². The molecular formula is C10H22O. The van der Waals surface area contributed by atoms with E-state index in [1.807, 2.05) is 7.11 Å². The monoisotopic (exact) mass is 158 g/mol. The molecule has 0 aromatic carbocycles. The third kappa shape index (κ3) is 4.41. The molecule has 0 aromatic heterocycles. The quantitative estimate of drug-likeness (QED) is 0.597. The minimum absolute atomic E-state index is 0.115. The molecule has 0 spiro atoms. The van der Waals surface area contributed by atoms with Crippen LogP contribution in [0.25, 0.3) is 0 Å². The fourth-order valence-electron chi connectivity index (χ4n) is 1.02. The normalized spacial score (nSPS) is 16.9. The van der Waals surface area contributed by atoms with Crippen molar-refractivity contribution in [2.75, 3.05) is 7.11 Å². The first-order valence-corrected chi connectivity index (χ1v) is 4.59. The predicted octanol–water partition coefficient (Wildman–Crippen LogP) is 3.24. The second-order valence-electron chi connectivity index (χ2n) is 3.94. The van der Waals surface area contributed by atoms with Crippen molar-refractivity contribution in [2.24, 2.45) is 5.92 Å². The molecule has 0 aliphatic rings. The molecule has 0 bridgehead atoms. The maximum Gasteiger partial charge on any atom is 0.0648 e. The summed E-state index contributed by atoms with van der Waals surface area (Å²) < 4.78 is 5.44. The first-order chi connectivity index (χ1) is 5.04. The van der Waals surface area contributed by atoms with E-state index in [0.717, 1.165) is 12.3 Å². The van der Waals surface area contributed by atoms with Crippen molar-refractivity contribution < 1.29 is 4.74 Å². The fourth-order valence-corrected chi connectivity index (χ4v) is 1.02. The van der Waals surface area contributed by atoms with E-state index in [2.05, 4.69) is 27.7 Å². The van der Waals surface area contributed by atoms with Crippen LogP contribution in [0.5, 0.6) is 0 Å². The molecule has 0 rings (SSSR count). The molecule has 0 fully saturated rings. The van der Waals surface area contributed by atoms with Crippen LogP contribution in [0.2, 0.25) is 0 Å². The molecule has 68 valence electrons. The molecule has 0 saturated carbocycles. The highest BCUT2D eigenvalue weighted by Gasteiger charge is 2.20. The van der Waals surface area contributed by atoms with Crippen molar-refractivity contribution in [1.29, 1.82) is 0 Å². The van der Waals surface area contributed by atoms with Crippen molar-refractivity contribution in [3.63, 3.8) is 0 Å². The Hall–Kier alpha value is -0.0400.